The minimum absolute atomic E-state index is 0.00580. The van der Waals surface area contributed by atoms with Crippen molar-refractivity contribution >= 4 is 39.0 Å². The highest BCUT2D eigenvalue weighted by Gasteiger charge is 2.36. The highest BCUT2D eigenvalue weighted by Crippen LogP contribution is 2.43. The number of aryl methyl sites for hydroxylation is 1. The molecule has 1 N–H and O–H groups in total. The van der Waals surface area contributed by atoms with Crippen LogP contribution in [0.25, 0.3) is 15.3 Å². The van der Waals surface area contributed by atoms with Gasteiger partial charge in [0.15, 0.2) is 0 Å². The number of nitro groups is 1. The standard InChI is InChI=1S/C22H19N5O4S/c1-3-31-13-8-9-16-18(10-13)32-22(23-16)26-21-20(12(2)25-26)15(11-19(28)24-21)14-6-4-5-7-17(14)27(29)30/h4-10,15H,3,11H2,1-2H3,(H,24,28). The van der Waals surface area contributed by atoms with Gasteiger partial charge in [-0.1, -0.05) is 29.5 Å². The number of nitrogens with one attached hydrogen (secondary N) is 1. The van der Waals surface area contributed by atoms with Crippen LogP contribution in [0.2, 0.25) is 0 Å². The van der Waals surface area contributed by atoms with Crippen LogP contribution < -0.4 is 10.1 Å². The lowest BCUT2D eigenvalue weighted by Gasteiger charge is -2.23. The predicted molar refractivity (Wildman–Crippen MR) is 121 cm³/mol. The number of nitrogens with zero attached hydrogens (tertiary/aromatic N) is 4. The van der Waals surface area contributed by atoms with Gasteiger partial charge < -0.3 is 10.1 Å². The van der Waals surface area contributed by atoms with Crippen LogP contribution in [0.15, 0.2) is 42.5 Å². The van der Waals surface area contributed by atoms with E-state index >= 15 is 0 Å². The van der Waals surface area contributed by atoms with E-state index in [4.69, 9.17) is 4.74 Å². The summed E-state index contributed by atoms with van der Waals surface area (Å²) in [5, 5.41) is 19.8. The van der Waals surface area contributed by atoms with Gasteiger partial charge in [-0.3, -0.25) is 14.9 Å². The molecule has 0 saturated heterocycles. The Morgan fingerprint density at radius 2 is 2.12 bits per heavy atom. The molecule has 0 bridgehead atoms. The third-order valence-corrected chi connectivity index (χ3v) is 6.45. The van der Waals surface area contributed by atoms with E-state index in [1.54, 1.807) is 22.9 Å². The van der Waals surface area contributed by atoms with Gasteiger partial charge in [0.2, 0.25) is 11.0 Å². The number of benzene rings is 2. The zero-order valence-corrected chi connectivity index (χ0v) is 18.2. The quantitative estimate of drug-likeness (QED) is 0.353. The summed E-state index contributed by atoms with van der Waals surface area (Å²) in [4.78, 5) is 28.5. The number of ether oxygens (including phenoxy) is 1. The topological polar surface area (TPSA) is 112 Å². The fourth-order valence-corrected chi connectivity index (χ4v) is 5.09. The molecule has 32 heavy (non-hydrogen) atoms. The van der Waals surface area contributed by atoms with Crippen molar-refractivity contribution in [2.45, 2.75) is 26.2 Å². The van der Waals surface area contributed by atoms with Crippen molar-refractivity contribution in [2.75, 3.05) is 11.9 Å². The van der Waals surface area contributed by atoms with Crippen LogP contribution in [0.1, 0.15) is 36.1 Å². The van der Waals surface area contributed by atoms with Gasteiger partial charge in [0.1, 0.15) is 11.6 Å². The number of para-hydroxylation sites is 1. The number of rotatable bonds is 5. The molecule has 0 fully saturated rings. The Bertz CT molecular complexity index is 1380. The Kier molecular flexibility index (Phi) is 4.86. The molecule has 1 amide bonds. The minimum atomic E-state index is -0.465. The van der Waals surface area contributed by atoms with Gasteiger partial charge in [0, 0.05) is 29.5 Å². The zero-order chi connectivity index (χ0) is 22.4. The fraction of sp³-hybridized carbons (Fsp3) is 0.227. The van der Waals surface area contributed by atoms with Crippen LogP contribution in [0, 0.1) is 17.0 Å². The first kappa shape index (κ1) is 20.1. The van der Waals surface area contributed by atoms with Crippen molar-refractivity contribution < 1.29 is 14.5 Å². The molecular formula is C22H19N5O4S. The lowest BCUT2D eigenvalue weighted by atomic mass is 9.85. The Hall–Kier alpha value is -3.79. The SMILES string of the molecule is CCOc1ccc2nc(-n3nc(C)c4c3NC(=O)CC4c3ccccc3[N+](=O)[O-])sc2c1. The number of anilines is 1. The van der Waals surface area contributed by atoms with Crippen molar-refractivity contribution in [2.24, 2.45) is 0 Å². The molecule has 0 aliphatic carbocycles. The van der Waals surface area contributed by atoms with Crippen LogP contribution in [0.4, 0.5) is 11.5 Å². The Morgan fingerprint density at radius 3 is 2.91 bits per heavy atom. The van der Waals surface area contributed by atoms with Gasteiger partial charge in [-0.2, -0.15) is 9.78 Å². The molecule has 1 unspecified atom stereocenters. The van der Waals surface area contributed by atoms with Crippen molar-refractivity contribution in [3.05, 3.63) is 69.4 Å². The third-order valence-electron chi connectivity index (χ3n) is 5.45. The molecule has 0 saturated carbocycles. The molecule has 4 aromatic rings. The van der Waals surface area contributed by atoms with Crippen molar-refractivity contribution in [3.8, 4) is 10.9 Å². The van der Waals surface area contributed by atoms with Gasteiger partial charge >= 0.3 is 0 Å². The van der Waals surface area contributed by atoms with Crippen molar-refractivity contribution in [3.63, 3.8) is 0 Å². The predicted octanol–water partition coefficient (Wildman–Crippen LogP) is 4.57. The summed E-state index contributed by atoms with van der Waals surface area (Å²) in [5.74, 6) is 0.583. The number of carbonyl (C=O) groups is 1. The molecule has 1 aliphatic heterocycles. The first-order chi connectivity index (χ1) is 15.5. The molecule has 2 aromatic carbocycles. The van der Waals surface area contributed by atoms with E-state index in [-0.39, 0.29) is 18.0 Å². The van der Waals surface area contributed by atoms with E-state index in [1.807, 2.05) is 32.0 Å². The average Bonchev–Trinajstić information content (AvgIpc) is 3.34. The zero-order valence-electron chi connectivity index (χ0n) is 17.4. The summed E-state index contributed by atoms with van der Waals surface area (Å²) >= 11 is 1.43. The van der Waals surface area contributed by atoms with E-state index in [0.29, 0.717) is 28.8 Å². The molecule has 5 rings (SSSR count). The van der Waals surface area contributed by atoms with Gasteiger partial charge in [-0.25, -0.2) is 4.98 Å². The number of nitro benzene ring substituents is 1. The molecule has 2 aromatic heterocycles. The van der Waals surface area contributed by atoms with Gasteiger partial charge in [-0.15, -0.1) is 0 Å². The lowest BCUT2D eigenvalue weighted by Crippen LogP contribution is -2.25. The Balaban J connectivity index is 1.64. The first-order valence-electron chi connectivity index (χ1n) is 10.1. The number of thiazole rings is 1. The van der Waals surface area contributed by atoms with Gasteiger partial charge in [-0.05, 0) is 32.0 Å². The smallest absolute Gasteiger partial charge is 0.273 e. The van der Waals surface area contributed by atoms with E-state index in [0.717, 1.165) is 21.5 Å². The van der Waals surface area contributed by atoms with E-state index < -0.39 is 10.8 Å². The van der Waals surface area contributed by atoms with Crippen LogP contribution in [0.3, 0.4) is 0 Å². The largest absolute Gasteiger partial charge is 0.494 e. The molecule has 162 valence electrons. The summed E-state index contributed by atoms with van der Waals surface area (Å²) in [7, 11) is 0. The van der Waals surface area contributed by atoms with Crippen LogP contribution in [-0.4, -0.2) is 32.2 Å². The molecule has 9 nitrogen and oxygen atoms in total. The van der Waals surface area contributed by atoms with E-state index in [2.05, 4.69) is 15.4 Å². The molecule has 3 heterocycles. The Labute approximate surface area is 186 Å². The summed E-state index contributed by atoms with van der Waals surface area (Å²) in [6.45, 7) is 4.34. The molecular weight excluding hydrogens is 430 g/mol. The average molecular weight is 449 g/mol. The minimum Gasteiger partial charge on any atom is -0.494 e. The molecule has 0 radical (unpaired) electrons. The molecule has 1 atom stereocenters. The number of hydrogen-bond donors (Lipinski definition) is 1. The lowest BCUT2D eigenvalue weighted by molar-refractivity contribution is -0.385. The highest BCUT2D eigenvalue weighted by atomic mass is 32.1. The number of hydrogen-bond acceptors (Lipinski definition) is 7. The van der Waals surface area contributed by atoms with Crippen LogP contribution >= 0.6 is 11.3 Å². The maximum absolute atomic E-state index is 12.6. The third kappa shape index (κ3) is 3.28. The van der Waals surface area contributed by atoms with Gasteiger partial charge in [0.05, 0.1) is 27.4 Å². The maximum atomic E-state index is 12.6. The summed E-state index contributed by atoms with van der Waals surface area (Å²) in [6.07, 6.45) is 0.113. The normalized spacial score (nSPS) is 15.4. The Morgan fingerprint density at radius 1 is 1.31 bits per heavy atom. The van der Waals surface area contributed by atoms with Crippen molar-refractivity contribution in [1.29, 1.82) is 0 Å². The second kappa shape index (κ2) is 7.72. The monoisotopic (exact) mass is 449 g/mol. The molecule has 10 heteroatoms. The maximum Gasteiger partial charge on any atom is 0.273 e. The molecule has 0 spiro atoms. The highest BCUT2D eigenvalue weighted by molar-refractivity contribution is 7.20. The number of carbonyl (C=O) groups excluding carboxylic acids is 1. The first-order valence-corrected chi connectivity index (χ1v) is 10.9. The summed E-state index contributed by atoms with van der Waals surface area (Å²) in [5.41, 5.74) is 2.76. The molecule has 1 aliphatic rings. The summed E-state index contributed by atoms with van der Waals surface area (Å²) in [6, 6.07) is 12.2. The van der Waals surface area contributed by atoms with Crippen molar-refractivity contribution in [1.82, 2.24) is 14.8 Å². The van der Waals surface area contributed by atoms with Crippen LogP contribution in [-0.2, 0) is 4.79 Å². The van der Waals surface area contributed by atoms with Crippen LogP contribution in [0.5, 0.6) is 5.75 Å². The summed E-state index contributed by atoms with van der Waals surface area (Å²) < 4.78 is 8.13. The number of fused-ring (bicyclic) bond motifs is 2. The van der Waals surface area contributed by atoms with E-state index in [1.165, 1.54) is 17.4 Å². The number of amides is 1. The fourth-order valence-electron chi connectivity index (χ4n) is 4.14. The second-order valence-electron chi connectivity index (χ2n) is 7.44. The van der Waals surface area contributed by atoms with Gasteiger partial charge in [0.25, 0.3) is 5.69 Å². The second-order valence-corrected chi connectivity index (χ2v) is 8.45. The van der Waals surface area contributed by atoms with E-state index in [9.17, 15) is 14.9 Å². The number of aromatic nitrogens is 3.